The Bertz CT molecular complexity index is 637. The van der Waals surface area contributed by atoms with Gasteiger partial charge in [-0.15, -0.1) is 10.2 Å². The van der Waals surface area contributed by atoms with E-state index in [1.54, 1.807) is 0 Å². The molecule has 1 aliphatic heterocycles. The molecule has 1 aliphatic rings. The Morgan fingerprint density at radius 2 is 2.10 bits per heavy atom. The van der Waals surface area contributed by atoms with Crippen molar-refractivity contribution in [2.24, 2.45) is 0 Å². The molecule has 0 radical (unpaired) electrons. The Labute approximate surface area is 122 Å². The molecule has 2 aromatic rings. The highest BCUT2D eigenvalue weighted by Gasteiger charge is 2.34. The third-order valence-electron chi connectivity index (χ3n) is 2.95. The van der Waals surface area contributed by atoms with Crippen molar-refractivity contribution in [1.82, 2.24) is 20.2 Å². The minimum atomic E-state index is -4.46. The van der Waals surface area contributed by atoms with Crippen LogP contribution in [-0.4, -0.2) is 39.3 Å². The zero-order valence-electron chi connectivity index (χ0n) is 10.9. The molecule has 10 heteroatoms. The predicted molar refractivity (Wildman–Crippen MR) is 71.3 cm³/mol. The predicted octanol–water partition coefficient (Wildman–Crippen LogP) is 1.96. The first-order chi connectivity index (χ1) is 9.91. The zero-order chi connectivity index (χ0) is 15.0. The van der Waals surface area contributed by atoms with Gasteiger partial charge >= 0.3 is 6.18 Å². The standard InChI is InChI=1S/C11H11F3N6S/c1-6-18-19-10(21-6)20-4-7(5-20)16-9-15-3-2-8(17-9)11(12,13)14/h2-3,7H,4-5H2,1H3,(H,15,16,17). The minimum absolute atomic E-state index is 0.00214. The molecule has 0 saturated carbocycles. The number of rotatable bonds is 3. The van der Waals surface area contributed by atoms with Crippen molar-refractivity contribution in [3.8, 4) is 0 Å². The molecule has 0 spiro atoms. The van der Waals surface area contributed by atoms with Crippen LogP contribution in [0.4, 0.5) is 24.3 Å². The van der Waals surface area contributed by atoms with Crippen LogP contribution < -0.4 is 10.2 Å². The molecule has 6 nitrogen and oxygen atoms in total. The van der Waals surface area contributed by atoms with Crippen LogP contribution >= 0.6 is 11.3 Å². The van der Waals surface area contributed by atoms with E-state index in [9.17, 15) is 13.2 Å². The van der Waals surface area contributed by atoms with E-state index in [1.165, 1.54) is 11.3 Å². The van der Waals surface area contributed by atoms with Gasteiger partial charge < -0.3 is 10.2 Å². The van der Waals surface area contributed by atoms with Crippen molar-refractivity contribution in [3.05, 3.63) is 23.0 Å². The van der Waals surface area contributed by atoms with Crippen molar-refractivity contribution < 1.29 is 13.2 Å². The number of halogens is 3. The van der Waals surface area contributed by atoms with Crippen molar-refractivity contribution in [3.63, 3.8) is 0 Å². The van der Waals surface area contributed by atoms with Gasteiger partial charge in [-0.2, -0.15) is 13.2 Å². The van der Waals surface area contributed by atoms with Crippen molar-refractivity contribution >= 4 is 22.4 Å². The Hall–Kier alpha value is -1.97. The van der Waals surface area contributed by atoms with E-state index in [1.807, 2.05) is 11.8 Å². The van der Waals surface area contributed by atoms with Crippen molar-refractivity contribution in [1.29, 1.82) is 0 Å². The second-order valence-electron chi connectivity index (χ2n) is 4.61. The maximum atomic E-state index is 12.5. The van der Waals surface area contributed by atoms with Gasteiger partial charge in [-0.25, -0.2) is 9.97 Å². The molecule has 21 heavy (non-hydrogen) atoms. The van der Waals surface area contributed by atoms with Gasteiger partial charge in [0.25, 0.3) is 0 Å². The minimum Gasteiger partial charge on any atom is -0.348 e. The maximum absolute atomic E-state index is 12.5. The van der Waals surface area contributed by atoms with Crippen LogP contribution in [0.2, 0.25) is 0 Å². The summed E-state index contributed by atoms with van der Waals surface area (Å²) >= 11 is 1.48. The highest BCUT2D eigenvalue weighted by Crippen LogP contribution is 2.28. The number of nitrogens with one attached hydrogen (secondary N) is 1. The molecule has 0 amide bonds. The Morgan fingerprint density at radius 3 is 2.71 bits per heavy atom. The van der Waals surface area contributed by atoms with Crippen LogP contribution in [0.5, 0.6) is 0 Å². The molecule has 0 unspecified atom stereocenters. The zero-order valence-corrected chi connectivity index (χ0v) is 11.7. The quantitative estimate of drug-likeness (QED) is 0.934. The topological polar surface area (TPSA) is 66.8 Å². The lowest BCUT2D eigenvalue weighted by Crippen LogP contribution is -2.55. The summed E-state index contributed by atoms with van der Waals surface area (Å²) in [5.74, 6) is -0.0112. The van der Waals surface area contributed by atoms with Crippen molar-refractivity contribution in [2.75, 3.05) is 23.3 Å². The summed E-state index contributed by atoms with van der Waals surface area (Å²) < 4.78 is 37.6. The summed E-state index contributed by atoms with van der Waals surface area (Å²) in [6.07, 6.45) is -3.36. The lowest BCUT2D eigenvalue weighted by molar-refractivity contribution is -0.141. The highest BCUT2D eigenvalue weighted by molar-refractivity contribution is 7.15. The molecule has 1 fully saturated rings. The fourth-order valence-electron chi connectivity index (χ4n) is 1.91. The van der Waals surface area contributed by atoms with Crippen LogP contribution in [0.3, 0.4) is 0 Å². The molecule has 112 valence electrons. The second kappa shape index (κ2) is 5.10. The molecule has 0 bridgehead atoms. The van der Waals surface area contributed by atoms with Gasteiger partial charge in [-0.05, 0) is 13.0 Å². The van der Waals surface area contributed by atoms with Gasteiger partial charge in [-0.3, -0.25) is 0 Å². The lowest BCUT2D eigenvalue weighted by Gasteiger charge is -2.39. The summed E-state index contributed by atoms with van der Waals surface area (Å²) in [6, 6.07) is 0.847. The number of aromatic nitrogens is 4. The summed E-state index contributed by atoms with van der Waals surface area (Å²) in [6.45, 7) is 3.13. The number of hydrogen-bond acceptors (Lipinski definition) is 7. The largest absolute Gasteiger partial charge is 0.433 e. The molecule has 0 aliphatic carbocycles. The van der Waals surface area contributed by atoms with E-state index in [2.05, 4.69) is 25.5 Å². The smallest absolute Gasteiger partial charge is 0.348 e. The number of hydrogen-bond donors (Lipinski definition) is 1. The number of aryl methyl sites for hydroxylation is 1. The number of nitrogens with zero attached hydrogens (tertiary/aromatic N) is 5. The monoisotopic (exact) mass is 316 g/mol. The van der Waals surface area contributed by atoms with Crippen LogP contribution in [0.25, 0.3) is 0 Å². The van der Waals surface area contributed by atoms with E-state index in [4.69, 9.17) is 0 Å². The highest BCUT2D eigenvalue weighted by atomic mass is 32.1. The second-order valence-corrected chi connectivity index (χ2v) is 5.77. The first-order valence-electron chi connectivity index (χ1n) is 6.13. The van der Waals surface area contributed by atoms with E-state index in [0.717, 1.165) is 22.4 Å². The Kier molecular flexibility index (Phi) is 3.40. The Balaban J connectivity index is 1.59. The summed E-state index contributed by atoms with van der Waals surface area (Å²) in [7, 11) is 0. The molecular weight excluding hydrogens is 305 g/mol. The van der Waals surface area contributed by atoms with E-state index >= 15 is 0 Å². The van der Waals surface area contributed by atoms with E-state index in [0.29, 0.717) is 13.1 Å². The molecule has 1 saturated heterocycles. The maximum Gasteiger partial charge on any atom is 0.433 e. The first kappa shape index (κ1) is 14.0. The molecule has 3 heterocycles. The van der Waals surface area contributed by atoms with E-state index < -0.39 is 11.9 Å². The third-order valence-corrected chi connectivity index (χ3v) is 3.85. The normalized spacial score (nSPS) is 15.9. The molecule has 1 N–H and O–H groups in total. The van der Waals surface area contributed by atoms with Gasteiger partial charge in [-0.1, -0.05) is 11.3 Å². The lowest BCUT2D eigenvalue weighted by atomic mass is 10.1. The summed E-state index contributed by atoms with van der Waals surface area (Å²) in [5, 5.41) is 12.5. The van der Waals surface area contributed by atoms with Crippen LogP contribution in [-0.2, 0) is 6.18 Å². The third kappa shape index (κ3) is 3.04. The van der Waals surface area contributed by atoms with Gasteiger partial charge in [0.05, 0.1) is 6.04 Å². The Morgan fingerprint density at radius 1 is 1.33 bits per heavy atom. The van der Waals surface area contributed by atoms with Gasteiger partial charge in [0.2, 0.25) is 11.1 Å². The fraction of sp³-hybridized carbons (Fsp3) is 0.455. The average Bonchev–Trinajstić information content (AvgIpc) is 2.79. The first-order valence-corrected chi connectivity index (χ1v) is 6.95. The van der Waals surface area contributed by atoms with Crippen molar-refractivity contribution in [2.45, 2.75) is 19.1 Å². The van der Waals surface area contributed by atoms with Crippen LogP contribution in [0.1, 0.15) is 10.7 Å². The van der Waals surface area contributed by atoms with Gasteiger partial charge in [0.15, 0.2) is 0 Å². The average molecular weight is 316 g/mol. The van der Waals surface area contributed by atoms with Gasteiger partial charge in [0.1, 0.15) is 10.7 Å². The fourth-order valence-corrected chi connectivity index (χ4v) is 2.61. The van der Waals surface area contributed by atoms with E-state index in [-0.39, 0.29) is 12.0 Å². The number of anilines is 2. The SMILES string of the molecule is Cc1nnc(N2CC(Nc3nccc(C(F)(F)F)n3)C2)s1. The number of alkyl halides is 3. The molecule has 0 aromatic carbocycles. The summed E-state index contributed by atoms with van der Waals surface area (Å²) in [4.78, 5) is 9.28. The summed E-state index contributed by atoms with van der Waals surface area (Å²) in [5.41, 5.74) is -0.948. The van der Waals surface area contributed by atoms with Crippen LogP contribution in [0, 0.1) is 6.92 Å². The molecular formula is C11H11F3N6S. The van der Waals surface area contributed by atoms with Crippen LogP contribution in [0.15, 0.2) is 12.3 Å². The molecule has 2 aromatic heterocycles. The molecule has 0 atom stereocenters. The van der Waals surface area contributed by atoms with Gasteiger partial charge in [0, 0.05) is 19.3 Å². The molecule has 3 rings (SSSR count).